The van der Waals surface area contributed by atoms with Crippen molar-refractivity contribution in [2.45, 2.75) is 25.0 Å². The van der Waals surface area contributed by atoms with Crippen molar-refractivity contribution in [3.8, 4) is 0 Å². The molecule has 0 aliphatic rings. The van der Waals surface area contributed by atoms with E-state index in [1.54, 1.807) is 36.0 Å². The van der Waals surface area contributed by atoms with Crippen LogP contribution in [0.5, 0.6) is 0 Å². The van der Waals surface area contributed by atoms with Crippen LogP contribution < -0.4 is 5.32 Å². The summed E-state index contributed by atoms with van der Waals surface area (Å²) in [5.41, 5.74) is 1.24. The van der Waals surface area contributed by atoms with Gasteiger partial charge in [0, 0.05) is 18.2 Å². The van der Waals surface area contributed by atoms with Crippen molar-refractivity contribution in [1.82, 2.24) is 5.32 Å². The molecule has 0 aliphatic carbocycles. The van der Waals surface area contributed by atoms with Gasteiger partial charge in [-0.2, -0.15) is 11.8 Å². The molecule has 2 N–H and O–H groups in total. The van der Waals surface area contributed by atoms with E-state index in [4.69, 9.17) is 5.11 Å². The quantitative estimate of drug-likeness (QED) is 0.804. The summed E-state index contributed by atoms with van der Waals surface area (Å²) in [6, 6.07) is 6.62. The Morgan fingerprint density at radius 2 is 1.95 bits per heavy atom. The summed E-state index contributed by atoms with van der Waals surface area (Å²) in [5, 5.41) is 12.1. The molecule has 0 aromatic heterocycles. The standard InChI is InChI=1S/C14H19NO3S/c1-10(19-2)9-15-13(16)8-5-11-3-6-12(7-4-11)14(17)18/h3-4,6-7,10H,5,8-9H2,1-2H3,(H,15,16)(H,17,18). The molecule has 1 unspecified atom stereocenters. The van der Waals surface area contributed by atoms with Crippen LogP contribution in [0.4, 0.5) is 0 Å². The molecule has 0 bridgehead atoms. The van der Waals surface area contributed by atoms with Gasteiger partial charge >= 0.3 is 5.97 Å². The van der Waals surface area contributed by atoms with E-state index < -0.39 is 5.97 Å². The number of carbonyl (C=O) groups is 2. The molecular formula is C14H19NO3S. The van der Waals surface area contributed by atoms with Crippen molar-refractivity contribution in [3.63, 3.8) is 0 Å². The van der Waals surface area contributed by atoms with Gasteiger partial charge in [-0.05, 0) is 30.4 Å². The van der Waals surface area contributed by atoms with Gasteiger partial charge in [-0.1, -0.05) is 19.1 Å². The minimum Gasteiger partial charge on any atom is -0.478 e. The molecule has 104 valence electrons. The van der Waals surface area contributed by atoms with E-state index in [1.807, 2.05) is 6.26 Å². The molecule has 19 heavy (non-hydrogen) atoms. The highest BCUT2D eigenvalue weighted by Crippen LogP contribution is 2.07. The number of carboxylic acid groups (broad SMARTS) is 1. The van der Waals surface area contributed by atoms with Crippen molar-refractivity contribution in [2.24, 2.45) is 0 Å². The van der Waals surface area contributed by atoms with E-state index in [1.165, 1.54) is 0 Å². The Kier molecular flexibility index (Phi) is 6.42. The minimum atomic E-state index is -0.935. The van der Waals surface area contributed by atoms with Gasteiger partial charge in [-0.3, -0.25) is 4.79 Å². The average molecular weight is 281 g/mol. The SMILES string of the molecule is CSC(C)CNC(=O)CCc1ccc(C(=O)O)cc1. The van der Waals surface area contributed by atoms with Crippen LogP contribution in [0.25, 0.3) is 0 Å². The Balaban J connectivity index is 2.35. The molecule has 4 nitrogen and oxygen atoms in total. The van der Waals surface area contributed by atoms with Crippen LogP contribution in [0.1, 0.15) is 29.3 Å². The number of amides is 1. The summed E-state index contributed by atoms with van der Waals surface area (Å²) in [6.07, 6.45) is 3.06. The fourth-order valence-corrected chi connectivity index (χ4v) is 1.75. The fourth-order valence-electron chi connectivity index (χ4n) is 1.50. The number of aryl methyl sites for hydroxylation is 1. The number of nitrogens with one attached hydrogen (secondary N) is 1. The highest BCUT2D eigenvalue weighted by Gasteiger charge is 2.06. The molecule has 1 aromatic carbocycles. The highest BCUT2D eigenvalue weighted by molar-refractivity contribution is 7.99. The van der Waals surface area contributed by atoms with Crippen molar-refractivity contribution in [3.05, 3.63) is 35.4 Å². The molecule has 1 rings (SSSR count). The second-order valence-electron chi connectivity index (χ2n) is 4.35. The molecule has 5 heteroatoms. The van der Waals surface area contributed by atoms with Crippen LogP contribution in [0, 0.1) is 0 Å². The summed E-state index contributed by atoms with van der Waals surface area (Å²) in [5.74, 6) is -0.904. The van der Waals surface area contributed by atoms with Gasteiger partial charge in [0.1, 0.15) is 0 Å². The number of benzene rings is 1. The van der Waals surface area contributed by atoms with E-state index >= 15 is 0 Å². The van der Waals surface area contributed by atoms with Gasteiger partial charge in [-0.25, -0.2) is 4.79 Å². The molecule has 1 atom stereocenters. The van der Waals surface area contributed by atoms with Gasteiger partial charge in [0.25, 0.3) is 0 Å². The Labute approximate surface area is 117 Å². The third-order valence-electron chi connectivity index (χ3n) is 2.83. The number of carbonyl (C=O) groups excluding carboxylic acids is 1. The number of hydrogen-bond acceptors (Lipinski definition) is 3. The van der Waals surface area contributed by atoms with E-state index in [0.717, 1.165) is 5.56 Å². The fraction of sp³-hybridized carbons (Fsp3) is 0.429. The molecule has 0 heterocycles. The third-order valence-corrected chi connectivity index (χ3v) is 3.80. The van der Waals surface area contributed by atoms with Crippen LogP contribution in [0.3, 0.4) is 0 Å². The molecule has 1 aromatic rings. The van der Waals surface area contributed by atoms with Crippen molar-refractivity contribution in [1.29, 1.82) is 0 Å². The van der Waals surface area contributed by atoms with Crippen molar-refractivity contribution in [2.75, 3.05) is 12.8 Å². The first-order valence-corrected chi connectivity index (χ1v) is 7.43. The molecular weight excluding hydrogens is 262 g/mol. The molecule has 0 radical (unpaired) electrons. The van der Waals surface area contributed by atoms with Gasteiger partial charge in [0.15, 0.2) is 0 Å². The molecule has 1 amide bonds. The first-order valence-electron chi connectivity index (χ1n) is 6.14. The molecule has 0 saturated heterocycles. The predicted octanol–water partition coefficient (Wildman–Crippen LogP) is 2.19. The Morgan fingerprint density at radius 3 is 2.47 bits per heavy atom. The summed E-state index contributed by atoms with van der Waals surface area (Å²) >= 11 is 1.72. The maximum absolute atomic E-state index is 11.6. The van der Waals surface area contributed by atoms with E-state index in [2.05, 4.69) is 12.2 Å². The average Bonchev–Trinajstić information content (AvgIpc) is 2.42. The monoisotopic (exact) mass is 281 g/mol. The second-order valence-corrected chi connectivity index (χ2v) is 5.63. The summed E-state index contributed by atoms with van der Waals surface area (Å²) in [6.45, 7) is 2.74. The van der Waals surface area contributed by atoms with Crippen molar-refractivity contribution < 1.29 is 14.7 Å². The van der Waals surface area contributed by atoms with Crippen LogP contribution in [-0.2, 0) is 11.2 Å². The van der Waals surface area contributed by atoms with Gasteiger partial charge in [0.05, 0.1) is 5.56 Å². The summed E-state index contributed by atoms with van der Waals surface area (Å²) < 4.78 is 0. The van der Waals surface area contributed by atoms with Gasteiger partial charge in [-0.15, -0.1) is 0 Å². The zero-order valence-electron chi connectivity index (χ0n) is 11.2. The number of carboxylic acids is 1. The molecule has 0 spiro atoms. The lowest BCUT2D eigenvalue weighted by molar-refractivity contribution is -0.121. The molecule has 0 aliphatic heterocycles. The lowest BCUT2D eigenvalue weighted by atomic mass is 10.1. The van der Waals surface area contributed by atoms with E-state index in [9.17, 15) is 9.59 Å². The van der Waals surface area contributed by atoms with Crippen LogP contribution in [-0.4, -0.2) is 35.0 Å². The Hall–Kier alpha value is -1.49. The Bertz CT molecular complexity index is 431. The summed E-state index contributed by atoms with van der Waals surface area (Å²) in [7, 11) is 0. The normalized spacial score (nSPS) is 11.9. The number of thioether (sulfide) groups is 1. The zero-order valence-corrected chi connectivity index (χ0v) is 12.0. The predicted molar refractivity (Wildman–Crippen MR) is 77.7 cm³/mol. The van der Waals surface area contributed by atoms with Gasteiger partial charge in [0.2, 0.25) is 5.91 Å². The van der Waals surface area contributed by atoms with Crippen LogP contribution in [0.15, 0.2) is 24.3 Å². The second kappa shape index (κ2) is 7.84. The first-order chi connectivity index (χ1) is 9.02. The number of rotatable bonds is 7. The van der Waals surface area contributed by atoms with Crippen molar-refractivity contribution >= 4 is 23.6 Å². The van der Waals surface area contributed by atoms with E-state index in [0.29, 0.717) is 24.6 Å². The van der Waals surface area contributed by atoms with E-state index in [-0.39, 0.29) is 11.5 Å². The van der Waals surface area contributed by atoms with Gasteiger partial charge < -0.3 is 10.4 Å². The lowest BCUT2D eigenvalue weighted by Crippen LogP contribution is -2.29. The first kappa shape index (κ1) is 15.6. The lowest BCUT2D eigenvalue weighted by Gasteiger charge is -2.09. The smallest absolute Gasteiger partial charge is 0.335 e. The third kappa shape index (κ3) is 5.79. The number of aromatic carboxylic acids is 1. The van der Waals surface area contributed by atoms with Crippen LogP contribution >= 0.6 is 11.8 Å². The summed E-state index contributed by atoms with van der Waals surface area (Å²) in [4.78, 5) is 22.3. The molecule has 0 saturated carbocycles. The minimum absolute atomic E-state index is 0.0308. The maximum atomic E-state index is 11.6. The molecule has 0 fully saturated rings. The largest absolute Gasteiger partial charge is 0.478 e. The topological polar surface area (TPSA) is 66.4 Å². The maximum Gasteiger partial charge on any atom is 0.335 e. The Morgan fingerprint density at radius 1 is 1.32 bits per heavy atom. The van der Waals surface area contributed by atoms with Crippen LogP contribution in [0.2, 0.25) is 0 Å². The highest BCUT2D eigenvalue weighted by atomic mass is 32.2. The zero-order chi connectivity index (χ0) is 14.3. The number of hydrogen-bond donors (Lipinski definition) is 2.